The fraction of sp³-hybridized carbons (Fsp3) is 0.306. The van der Waals surface area contributed by atoms with Crippen LogP contribution in [0.1, 0.15) is 37.3 Å². The van der Waals surface area contributed by atoms with Crippen LogP contribution in [0.3, 0.4) is 0 Å². The largest absolute Gasteiger partial charge is 0.453 e. The second-order valence-corrected chi connectivity index (χ2v) is 14.9. The maximum Gasteiger partial charge on any atom is 0.407 e. The number of hydrogen-bond donors (Lipinski definition) is 5. The molecule has 0 spiro atoms. The molecule has 50 heavy (non-hydrogen) atoms. The van der Waals surface area contributed by atoms with Gasteiger partial charge in [0.2, 0.25) is 15.9 Å². The van der Waals surface area contributed by atoms with Crippen LogP contribution in [0.5, 0.6) is 0 Å². The van der Waals surface area contributed by atoms with Crippen LogP contribution in [0.2, 0.25) is 0 Å². The fourth-order valence-corrected chi connectivity index (χ4v) is 8.19. The number of aromatic amines is 1. The third-order valence-corrected chi connectivity index (χ3v) is 11.2. The number of carbonyl (C=O) groups excluding carboxylic acids is 2. The van der Waals surface area contributed by atoms with Crippen LogP contribution >= 0.6 is 11.8 Å². The van der Waals surface area contributed by atoms with E-state index in [2.05, 4.69) is 15.6 Å². The summed E-state index contributed by atoms with van der Waals surface area (Å²) in [5.41, 5.74) is 6.98. The first-order chi connectivity index (χ1) is 24.0. The fourth-order valence-electron chi connectivity index (χ4n) is 5.36. The van der Waals surface area contributed by atoms with Crippen LogP contribution in [0.15, 0.2) is 112 Å². The van der Waals surface area contributed by atoms with Gasteiger partial charge in [0.15, 0.2) is 0 Å². The van der Waals surface area contributed by atoms with Crippen molar-refractivity contribution in [1.29, 1.82) is 0 Å². The van der Waals surface area contributed by atoms with Gasteiger partial charge in [-0.25, -0.2) is 13.2 Å². The predicted octanol–water partition coefficient (Wildman–Crippen LogP) is 4.64. The molecule has 1 unspecified atom stereocenters. The van der Waals surface area contributed by atoms with Gasteiger partial charge in [-0.1, -0.05) is 74.5 Å². The number of carbonyl (C=O) groups is 2. The van der Waals surface area contributed by atoms with E-state index < -0.39 is 52.2 Å². The molecule has 0 radical (unpaired) electrons. The average molecular weight is 722 g/mol. The van der Waals surface area contributed by atoms with Crippen molar-refractivity contribution in [2.75, 3.05) is 37.1 Å². The normalized spacial score (nSPS) is 12.9. The van der Waals surface area contributed by atoms with E-state index in [1.165, 1.54) is 41.9 Å². The Labute approximate surface area is 296 Å². The van der Waals surface area contributed by atoms with E-state index in [0.29, 0.717) is 17.0 Å². The van der Waals surface area contributed by atoms with Crippen molar-refractivity contribution in [1.82, 2.24) is 14.6 Å². The zero-order valence-electron chi connectivity index (χ0n) is 28.1. The SMILES string of the molecule is COC(=O)N[C@H](C(=O)Nc1c(SCC(CO)N(CCC(C)C)S(=O)(=O)c2ccc(N)cc2)cc[nH]c1=O)C(c1ccccc1)c1ccccc1. The summed E-state index contributed by atoms with van der Waals surface area (Å²) in [4.78, 5) is 42.9. The average Bonchev–Trinajstić information content (AvgIpc) is 3.11. The molecule has 0 bridgehead atoms. The summed E-state index contributed by atoms with van der Waals surface area (Å²) in [6.45, 7) is 3.61. The second kappa shape index (κ2) is 17.9. The van der Waals surface area contributed by atoms with Crippen molar-refractivity contribution >= 4 is 45.2 Å². The van der Waals surface area contributed by atoms with Gasteiger partial charge in [0.05, 0.1) is 24.7 Å². The summed E-state index contributed by atoms with van der Waals surface area (Å²) >= 11 is 1.11. The topological polar surface area (TPSA) is 184 Å². The van der Waals surface area contributed by atoms with E-state index in [4.69, 9.17) is 10.5 Å². The number of hydrogen-bond acceptors (Lipinski definition) is 9. The number of rotatable bonds is 16. The molecule has 14 heteroatoms. The molecular weight excluding hydrogens is 679 g/mol. The number of amides is 2. The van der Waals surface area contributed by atoms with E-state index in [0.717, 1.165) is 22.9 Å². The lowest BCUT2D eigenvalue weighted by molar-refractivity contribution is -0.118. The Morgan fingerprint density at radius 1 is 0.960 bits per heavy atom. The molecule has 0 aliphatic rings. The van der Waals surface area contributed by atoms with Crippen molar-refractivity contribution in [3.63, 3.8) is 0 Å². The number of benzene rings is 3. The maximum absolute atomic E-state index is 14.1. The van der Waals surface area contributed by atoms with Crippen molar-refractivity contribution in [2.45, 2.75) is 48.1 Å². The zero-order chi connectivity index (χ0) is 36.3. The van der Waals surface area contributed by atoms with Crippen molar-refractivity contribution < 1.29 is 27.9 Å². The number of nitrogens with two attached hydrogens (primary N) is 1. The molecule has 266 valence electrons. The number of aliphatic hydroxyl groups excluding tert-OH is 1. The molecular formula is C36H43N5O7S2. The molecule has 1 heterocycles. The molecule has 3 aromatic carbocycles. The van der Waals surface area contributed by atoms with Crippen LogP contribution in [0.25, 0.3) is 0 Å². The van der Waals surface area contributed by atoms with Crippen LogP contribution in [-0.2, 0) is 19.6 Å². The minimum Gasteiger partial charge on any atom is -0.453 e. The molecule has 2 atom stereocenters. The molecule has 0 saturated heterocycles. The number of anilines is 2. The van der Waals surface area contributed by atoms with Gasteiger partial charge in [-0.2, -0.15) is 4.31 Å². The van der Waals surface area contributed by atoms with Crippen LogP contribution < -0.4 is 21.9 Å². The van der Waals surface area contributed by atoms with Crippen LogP contribution in [0, 0.1) is 5.92 Å². The first kappa shape index (κ1) is 38.2. The van der Waals surface area contributed by atoms with Gasteiger partial charge in [-0.15, -0.1) is 11.8 Å². The van der Waals surface area contributed by atoms with Gasteiger partial charge in [-0.05, 0) is 53.8 Å². The Morgan fingerprint density at radius 2 is 1.56 bits per heavy atom. The first-order valence-corrected chi connectivity index (χ1v) is 18.5. The highest BCUT2D eigenvalue weighted by Gasteiger charge is 2.35. The number of aliphatic hydroxyl groups is 1. The number of nitrogens with one attached hydrogen (secondary N) is 3. The molecule has 1 aromatic heterocycles. The Hall–Kier alpha value is -4.63. The summed E-state index contributed by atoms with van der Waals surface area (Å²) in [5, 5.41) is 15.9. The smallest absolute Gasteiger partial charge is 0.407 e. The standard InChI is InChI=1S/C36H43N5O7S2/c1-24(2)19-21-41(50(46,47)29-16-14-27(37)15-17-29)28(22-42)23-49-30-18-20-38-34(43)32(30)39-35(44)33(40-36(45)48-3)31(25-10-6-4-7-11-25)26-12-8-5-9-13-26/h4-18,20,24,28,31,33,42H,19,21-23,37H2,1-3H3,(H,38,43)(H,39,44)(H,40,45)/t28?,33-/m0/s1. The molecule has 6 N–H and O–H groups in total. The van der Waals surface area contributed by atoms with E-state index >= 15 is 0 Å². The first-order valence-electron chi connectivity index (χ1n) is 16.0. The molecule has 2 amide bonds. The highest BCUT2D eigenvalue weighted by Crippen LogP contribution is 2.31. The van der Waals surface area contributed by atoms with Crippen molar-refractivity contribution in [3.8, 4) is 0 Å². The minimum atomic E-state index is -4.04. The number of methoxy groups -OCH3 is 1. The van der Waals surface area contributed by atoms with Crippen molar-refractivity contribution in [3.05, 3.63) is 119 Å². The molecule has 0 aliphatic carbocycles. The number of nitrogens with zero attached hydrogens (tertiary/aromatic N) is 1. The van der Waals surface area contributed by atoms with E-state index in [1.807, 2.05) is 74.5 Å². The Morgan fingerprint density at radius 3 is 2.10 bits per heavy atom. The highest BCUT2D eigenvalue weighted by atomic mass is 32.2. The summed E-state index contributed by atoms with van der Waals surface area (Å²) < 4.78 is 33.8. The number of pyridine rings is 1. The lowest BCUT2D eigenvalue weighted by Crippen LogP contribution is -2.48. The van der Waals surface area contributed by atoms with Gasteiger partial charge < -0.3 is 31.2 Å². The molecule has 0 aliphatic heterocycles. The van der Waals surface area contributed by atoms with E-state index in [1.54, 1.807) is 6.07 Å². The minimum absolute atomic E-state index is 0.0403. The van der Waals surface area contributed by atoms with Crippen LogP contribution in [0.4, 0.5) is 16.2 Å². The van der Waals surface area contributed by atoms with E-state index in [9.17, 15) is 27.9 Å². The lowest BCUT2D eigenvalue weighted by atomic mass is 9.84. The van der Waals surface area contributed by atoms with Crippen LogP contribution in [-0.4, -0.2) is 72.9 Å². The molecule has 12 nitrogen and oxygen atoms in total. The maximum atomic E-state index is 14.1. The summed E-state index contributed by atoms with van der Waals surface area (Å²) in [5.74, 6) is -1.12. The quantitative estimate of drug-likeness (QED) is 0.0813. The third kappa shape index (κ3) is 9.75. The number of aromatic nitrogens is 1. The third-order valence-electron chi connectivity index (χ3n) is 8.03. The van der Waals surface area contributed by atoms with Gasteiger partial charge in [0.1, 0.15) is 11.7 Å². The highest BCUT2D eigenvalue weighted by molar-refractivity contribution is 7.99. The number of nitrogen functional groups attached to an aromatic ring is 1. The number of H-pyrrole nitrogens is 1. The Bertz CT molecular complexity index is 1830. The van der Waals surface area contributed by atoms with Gasteiger partial charge >= 0.3 is 6.09 Å². The summed E-state index contributed by atoms with van der Waals surface area (Å²) in [6.07, 6.45) is 1.12. The number of sulfonamides is 1. The van der Waals surface area contributed by atoms with Gasteiger partial charge in [0, 0.05) is 35.0 Å². The molecule has 0 saturated carbocycles. The van der Waals surface area contributed by atoms with Crippen molar-refractivity contribution in [2.24, 2.45) is 5.92 Å². The molecule has 4 rings (SSSR count). The summed E-state index contributed by atoms with van der Waals surface area (Å²) in [6, 6.07) is 23.7. The number of ether oxygens (including phenoxy) is 1. The van der Waals surface area contributed by atoms with Gasteiger partial charge in [-0.3, -0.25) is 9.59 Å². The van der Waals surface area contributed by atoms with Gasteiger partial charge in [0.25, 0.3) is 5.56 Å². The predicted molar refractivity (Wildman–Crippen MR) is 196 cm³/mol. The lowest BCUT2D eigenvalue weighted by Gasteiger charge is -2.30. The number of thioether (sulfide) groups is 1. The zero-order valence-corrected chi connectivity index (χ0v) is 29.7. The molecule has 0 fully saturated rings. The van der Waals surface area contributed by atoms with E-state index in [-0.39, 0.29) is 28.8 Å². The number of alkyl carbamates (subject to hydrolysis) is 1. The Balaban J connectivity index is 1.66. The second-order valence-electron chi connectivity index (χ2n) is 12.0. The monoisotopic (exact) mass is 721 g/mol. The Kier molecular flexibility index (Phi) is 13.6. The summed E-state index contributed by atoms with van der Waals surface area (Å²) in [7, 11) is -2.85. The molecule has 4 aromatic rings.